The number of nitrogens with one attached hydrogen (secondary N) is 1. The summed E-state index contributed by atoms with van der Waals surface area (Å²) in [6.45, 7) is 4.94. The van der Waals surface area contributed by atoms with E-state index >= 15 is 0 Å². The number of ether oxygens (including phenoxy) is 2. The molecule has 3 aromatic rings. The minimum Gasteiger partial charge on any atom is -0.493 e. The fourth-order valence-corrected chi connectivity index (χ4v) is 3.49. The third-order valence-corrected chi connectivity index (χ3v) is 5.27. The standard InChI is InChI=1S/C21H27N3O2/c1-4-24(2)10-5-11-26-19-13-17-15(12-18(19)25-3)20-16(23-17)8-9-22-21(20)14-6-7-14/h8-9,12-14,23H,4-7,10-11H2,1-3H3. The Morgan fingerprint density at radius 3 is 2.81 bits per heavy atom. The number of aromatic amines is 1. The van der Waals surface area contributed by atoms with E-state index in [0.717, 1.165) is 42.0 Å². The molecule has 0 bridgehead atoms. The average molecular weight is 353 g/mol. The van der Waals surface area contributed by atoms with Crippen molar-refractivity contribution >= 4 is 21.8 Å². The maximum absolute atomic E-state index is 6.03. The summed E-state index contributed by atoms with van der Waals surface area (Å²) in [7, 11) is 3.83. The minimum atomic E-state index is 0.607. The van der Waals surface area contributed by atoms with E-state index in [1.54, 1.807) is 7.11 Å². The fraction of sp³-hybridized carbons (Fsp3) is 0.476. The summed E-state index contributed by atoms with van der Waals surface area (Å²) in [5.74, 6) is 2.19. The topological polar surface area (TPSA) is 50.4 Å². The van der Waals surface area contributed by atoms with E-state index in [1.165, 1.54) is 29.3 Å². The van der Waals surface area contributed by atoms with Crippen LogP contribution in [-0.4, -0.2) is 48.7 Å². The van der Waals surface area contributed by atoms with Gasteiger partial charge in [0.25, 0.3) is 0 Å². The number of fused-ring (bicyclic) bond motifs is 3. The van der Waals surface area contributed by atoms with Crippen molar-refractivity contribution in [3.05, 3.63) is 30.1 Å². The summed E-state index contributed by atoms with van der Waals surface area (Å²) < 4.78 is 11.6. The second kappa shape index (κ2) is 7.16. The molecule has 1 fully saturated rings. The van der Waals surface area contributed by atoms with Crippen LogP contribution in [0.3, 0.4) is 0 Å². The Labute approximate surface area is 154 Å². The molecule has 0 spiro atoms. The second-order valence-electron chi connectivity index (χ2n) is 7.16. The Morgan fingerprint density at radius 1 is 1.23 bits per heavy atom. The van der Waals surface area contributed by atoms with Crippen molar-refractivity contribution in [2.75, 3.05) is 33.9 Å². The molecule has 138 valence electrons. The number of benzene rings is 1. The van der Waals surface area contributed by atoms with Gasteiger partial charge in [-0.15, -0.1) is 0 Å². The molecule has 0 unspecified atom stereocenters. The van der Waals surface area contributed by atoms with Crippen molar-refractivity contribution in [1.29, 1.82) is 0 Å². The number of hydrogen-bond donors (Lipinski definition) is 1. The number of H-pyrrole nitrogens is 1. The maximum Gasteiger partial charge on any atom is 0.163 e. The van der Waals surface area contributed by atoms with Crippen LogP contribution in [-0.2, 0) is 0 Å². The van der Waals surface area contributed by atoms with Gasteiger partial charge in [-0.2, -0.15) is 0 Å². The number of hydrogen-bond acceptors (Lipinski definition) is 4. The summed E-state index contributed by atoms with van der Waals surface area (Å²) >= 11 is 0. The molecule has 5 nitrogen and oxygen atoms in total. The van der Waals surface area contributed by atoms with Crippen molar-refractivity contribution in [3.63, 3.8) is 0 Å². The Kier molecular flexibility index (Phi) is 4.72. The van der Waals surface area contributed by atoms with Crippen LogP contribution < -0.4 is 9.47 Å². The molecule has 1 N–H and O–H groups in total. The van der Waals surface area contributed by atoms with Gasteiger partial charge in [-0.1, -0.05) is 6.92 Å². The van der Waals surface area contributed by atoms with Gasteiger partial charge in [-0.25, -0.2) is 0 Å². The van der Waals surface area contributed by atoms with E-state index in [-0.39, 0.29) is 0 Å². The molecule has 0 aliphatic heterocycles. The van der Waals surface area contributed by atoms with Gasteiger partial charge in [0.2, 0.25) is 0 Å². The fourth-order valence-electron chi connectivity index (χ4n) is 3.49. The van der Waals surface area contributed by atoms with Crippen LogP contribution in [0.1, 0.15) is 37.8 Å². The largest absolute Gasteiger partial charge is 0.493 e. The summed E-state index contributed by atoms with van der Waals surface area (Å²) in [5, 5.41) is 2.41. The van der Waals surface area contributed by atoms with Gasteiger partial charge < -0.3 is 19.4 Å². The molecule has 2 heterocycles. The van der Waals surface area contributed by atoms with Crippen LogP contribution in [0.15, 0.2) is 24.4 Å². The predicted octanol–water partition coefficient (Wildman–Crippen LogP) is 4.32. The molecule has 4 rings (SSSR count). The molecule has 1 aliphatic rings. The van der Waals surface area contributed by atoms with E-state index in [4.69, 9.17) is 9.47 Å². The highest BCUT2D eigenvalue weighted by Gasteiger charge is 2.28. The monoisotopic (exact) mass is 353 g/mol. The highest BCUT2D eigenvalue weighted by atomic mass is 16.5. The molecule has 5 heteroatoms. The van der Waals surface area contributed by atoms with Crippen molar-refractivity contribution in [2.45, 2.75) is 32.1 Å². The SMILES string of the molecule is CCN(C)CCCOc1cc2[nH]c3ccnc(C4CC4)c3c2cc1OC. The Morgan fingerprint density at radius 2 is 2.08 bits per heavy atom. The lowest BCUT2D eigenvalue weighted by molar-refractivity contribution is 0.258. The average Bonchev–Trinajstić information content (AvgIpc) is 3.44. The van der Waals surface area contributed by atoms with Gasteiger partial charge in [0.05, 0.1) is 24.9 Å². The summed E-state index contributed by atoms with van der Waals surface area (Å²) in [4.78, 5) is 10.5. The Bertz CT molecular complexity index is 914. The van der Waals surface area contributed by atoms with Gasteiger partial charge in [-0.3, -0.25) is 4.98 Å². The molecule has 0 radical (unpaired) electrons. The summed E-state index contributed by atoms with van der Waals surface area (Å²) in [6, 6.07) is 6.21. The molecule has 0 atom stereocenters. The van der Waals surface area contributed by atoms with E-state index in [9.17, 15) is 0 Å². The Hall–Kier alpha value is -2.27. The number of rotatable bonds is 8. The van der Waals surface area contributed by atoms with Gasteiger partial charge in [0, 0.05) is 41.0 Å². The van der Waals surface area contributed by atoms with Crippen LogP contribution in [0.25, 0.3) is 21.8 Å². The van der Waals surface area contributed by atoms with Gasteiger partial charge >= 0.3 is 0 Å². The van der Waals surface area contributed by atoms with Gasteiger partial charge in [-0.05, 0) is 45.0 Å². The minimum absolute atomic E-state index is 0.607. The number of nitrogens with zero attached hydrogens (tertiary/aromatic N) is 2. The zero-order valence-corrected chi connectivity index (χ0v) is 15.8. The molecular weight excluding hydrogens is 326 g/mol. The highest BCUT2D eigenvalue weighted by Crippen LogP contribution is 2.45. The zero-order valence-electron chi connectivity index (χ0n) is 15.8. The Balaban J connectivity index is 1.65. The normalized spacial score (nSPS) is 14.5. The lowest BCUT2D eigenvalue weighted by Crippen LogP contribution is -2.20. The number of aromatic nitrogens is 2. The quantitative estimate of drug-likeness (QED) is 0.613. The predicted molar refractivity (Wildman–Crippen MR) is 105 cm³/mol. The number of methoxy groups -OCH3 is 1. The molecule has 0 amide bonds. The molecule has 2 aromatic heterocycles. The van der Waals surface area contributed by atoms with Crippen LogP contribution >= 0.6 is 0 Å². The lowest BCUT2D eigenvalue weighted by atomic mass is 10.1. The second-order valence-corrected chi connectivity index (χ2v) is 7.16. The molecule has 1 saturated carbocycles. The van der Waals surface area contributed by atoms with Crippen LogP contribution in [0.4, 0.5) is 0 Å². The third kappa shape index (κ3) is 3.23. The molecule has 1 aliphatic carbocycles. The van der Waals surface area contributed by atoms with E-state index in [2.05, 4.69) is 47.0 Å². The molecule has 26 heavy (non-hydrogen) atoms. The first-order valence-corrected chi connectivity index (χ1v) is 9.51. The van der Waals surface area contributed by atoms with E-state index < -0.39 is 0 Å². The molecule has 0 saturated heterocycles. The summed E-state index contributed by atoms with van der Waals surface area (Å²) in [6.07, 6.45) is 5.38. The first kappa shape index (κ1) is 17.2. The van der Waals surface area contributed by atoms with Crippen LogP contribution in [0.5, 0.6) is 11.5 Å². The lowest BCUT2D eigenvalue weighted by Gasteiger charge is -2.15. The van der Waals surface area contributed by atoms with Crippen molar-refractivity contribution in [2.24, 2.45) is 0 Å². The van der Waals surface area contributed by atoms with Gasteiger partial charge in [0.15, 0.2) is 11.5 Å². The van der Waals surface area contributed by atoms with Crippen molar-refractivity contribution < 1.29 is 9.47 Å². The molecular formula is C21H27N3O2. The third-order valence-electron chi connectivity index (χ3n) is 5.27. The smallest absolute Gasteiger partial charge is 0.163 e. The first-order chi connectivity index (χ1) is 12.7. The number of pyridine rings is 1. The van der Waals surface area contributed by atoms with E-state index in [1.807, 2.05) is 6.20 Å². The highest BCUT2D eigenvalue weighted by molar-refractivity contribution is 6.09. The van der Waals surface area contributed by atoms with Crippen LogP contribution in [0, 0.1) is 0 Å². The maximum atomic E-state index is 6.03. The van der Waals surface area contributed by atoms with E-state index in [0.29, 0.717) is 12.5 Å². The van der Waals surface area contributed by atoms with Crippen molar-refractivity contribution in [1.82, 2.24) is 14.9 Å². The van der Waals surface area contributed by atoms with Crippen molar-refractivity contribution in [3.8, 4) is 11.5 Å². The first-order valence-electron chi connectivity index (χ1n) is 9.51. The molecule has 1 aromatic carbocycles. The van der Waals surface area contributed by atoms with Crippen LogP contribution in [0.2, 0.25) is 0 Å². The zero-order chi connectivity index (χ0) is 18.1. The van der Waals surface area contributed by atoms with Gasteiger partial charge in [0.1, 0.15) is 0 Å². The summed E-state index contributed by atoms with van der Waals surface area (Å²) in [5.41, 5.74) is 3.43.